The first-order chi connectivity index (χ1) is 11.2. The van der Waals surface area contributed by atoms with E-state index in [2.05, 4.69) is 64.9 Å². The molecule has 0 fully saturated rings. The smallest absolute Gasteiger partial charge is 0.190 e. The molecule has 0 atom stereocenters. The van der Waals surface area contributed by atoms with E-state index in [1.54, 1.807) is 7.05 Å². The summed E-state index contributed by atoms with van der Waals surface area (Å²) in [6, 6.07) is 8.39. The summed E-state index contributed by atoms with van der Waals surface area (Å²) in [6.45, 7) is 6.59. The fraction of sp³-hybridized carbons (Fsp3) is 0.500. The van der Waals surface area contributed by atoms with Crippen LogP contribution in [0.2, 0.25) is 0 Å². The molecule has 1 aromatic carbocycles. The summed E-state index contributed by atoms with van der Waals surface area (Å²) in [5, 5.41) is 7.96. The quantitative estimate of drug-likeness (QED) is 0.399. The molecule has 0 unspecified atom stereocenters. The van der Waals surface area contributed by atoms with Crippen molar-refractivity contribution >= 4 is 16.9 Å². The van der Waals surface area contributed by atoms with Gasteiger partial charge in [-0.15, -0.1) is 0 Å². The largest absolute Gasteiger partial charge is 0.379 e. The lowest BCUT2D eigenvalue weighted by molar-refractivity contribution is 0.0776. The Morgan fingerprint density at radius 2 is 2.00 bits per heavy atom. The minimum Gasteiger partial charge on any atom is -0.379 e. The molecular formula is C18H28N4O. The van der Waals surface area contributed by atoms with Crippen molar-refractivity contribution in [1.82, 2.24) is 15.6 Å². The lowest BCUT2D eigenvalue weighted by Gasteiger charge is -2.12. The third-order valence-electron chi connectivity index (χ3n) is 3.65. The summed E-state index contributed by atoms with van der Waals surface area (Å²) >= 11 is 0. The zero-order chi connectivity index (χ0) is 16.5. The Morgan fingerprint density at radius 3 is 2.78 bits per heavy atom. The van der Waals surface area contributed by atoms with Gasteiger partial charge in [0.2, 0.25) is 0 Å². The van der Waals surface area contributed by atoms with E-state index in [9.17, 15) is 0 Å². The molecule has 23 heavy (non-hydrogen) atoms. The van der Waals surface area contributed by atoms with Gasteiger partial charge in [-0.2, -0.15) is 0 Å². The number of rotatable bonds is 8. The van der Waals surface area contributed by atoms with Gasteiger partial charge in [-0.3, -0.25) is 4.99 Å². The maximum Gasteiger partial charge on any atom is 0.190 e. The zero-order valence-electron chi connectivity index (χ0n) is 14.4. The van der Waals surface area contributed by atoms with Crippen molar-refractivity contribution in [3.8, 4) is 0 Å². The number of hydrogen-bond acceptors (Lipinski definition) is 2. The number of aromatic amines is 1. The summed E-state index contributed by atoms with van der Waals surface area (Å²) in [5.74, 6) is 0.842. The van der Waals surface area contributed by atoms with Gasteiger partial charge in [0.1, 0.15) is 0 Å². The molecule has 0 bridgehead atoms. The second-order valence-electron chi connectivity index (χ2n) is 5.81. The van der Waals surface area contributed by atoms with Crippen LogP contribution in [0.1, 0.15) is 25.8 Å². The van der Waals surface area contributed by atoms with Crippen molar-refractivity contribution in [2.45, 2.75) is 32.8 Å². The maximum atomic E-state index is 5.52. The number of aliphatic imine (C=N–C) groups is 1. The van der Waals surface area contributed by atoms with Crippen LogP contribution in [0.4, 0.5) is 0 Å². The minimum atomic E-state index is 0.295. The summed E-state index contributed by atoms with van der Waals surface area (Å²) in [7, 11) is 1.80. The monoisotopic (exact) mass is 316 g/mol. The van der Waals surface area contributed by atoms with Gasteiger partial charge in [-0.25, -0.2) is 0 Å². The highest BCUT2D eigenvalue weighted by molar-refractivity contribution is 5.83. The Balaban J connectivity index is 1.69. The highest BCUT2D eigenvalue weighted by Gasteiger charge is 2.03. The number of fused-ring (bicyclic) bond motifs is 1. The summed E-state index contributed by atoms with van der Waals surface area (Å²) in [6.07, 6.45) is 4.32. The molecule has 126 valence electrons. The summed E-state index contributed by atoms with van der Waals surface area (Å²) in [4.78, 5) is 7.56. The first-order valence-electron chi connectivity index (χ1n) is 8.32. The maximum absolute atomic E-state index is 5.52. The first-order valence-corrected chi connectivity index (χ1v) is 8.32. The van der Waals surface area contributed by atoms with E-state index in [1.165, 1.54) is 16.5 Å². The van der Waals surface area contributed by atoms with Crippen molar-refractivity contribution in [1.29, 1.82) is 0 Å². The van der Waals surface area contributed by atoms with E-state index in [0.29, 0.717) is 6.10 Å². The third-order valence-corrected chi connectivity index (χ3v) is 3.65. The molecular weight excluding hydrogens is 288 g/mol. The molecule has 0 spiro atoms. The Morgan fingerprint density at radius 1 is 1.22 bits per heavy atom. The van der Waals surface area contributed by atoms with Crippen LogP contribution >= 0.6 is 0 Å². The van der Waals surface area contributed by atoms with Gasteiger partial charge in [-0.1, -0.05) is 18.2 Å². The number of guanidine groups is 1. The van der Waals surface area contributed by atoms with Crippen molar-refractivity contribution in [2.24, 2.45) is 4.99 Å². The van der Waals surface area contributed by atoms with Gasteiger partial charge in [0, 0.05) is 43.8 Å². The van der Waals surface area contributed by atoms with Crippen LogP contribution in [-0.2, 0) is 11.2 Å². The summed E-state index contributed by atoms with van der Waals surface area (Å²) in [5.41, 5.74) is 2.52. The molecule has 1 heterocycles. The van der Waals surface area contributed by atoms with Crippen molar-refractivity contribution < 1.29 is 4.74 Å². The SMILES string of the molecule is CN=C(NCCCOC(C)C)NCCc1c[nH]c2ccccc12. The number of nitrogens with one attached hydrogen (secondary N) is 3. The van der Waals surface area contributed by atoms with E-state index < -0.39 is 0 Å². The molecule has 0 aliphatic carbocycles. The molecule has 0 saturated heterocycles. The fourth-order valence-corrected chi connectivity index (χ4v) is 2.47. The first kappa shape index (κ1) is 17.3. The van der Waals surface area contributed by atoms with Crippen LogP contribution in [0.5, 0.6) is 0 Å². The highest BCUT2D eigenvalue weighted by Crippen LogP contribution is 2.17. The van der Waals surface area contributed by atoms with Crippen molar-refractivity contribution in [3.63, 3.8) is 0 Å². The number of benzene rings is 1. The van der Waals surface area contributed by atoms with E-state index in [-0.39, 0.29) is 0 Å². The molecule has 0 radical (unpaired) electrons. The van der Waals surface area contributed by atoms with E-state index >= 15 is 0 Å². The fourth-order valence-electron chi connectivity index (χ4n) is 2.47. The van der Waals surface area contributed by atoms with Crippen LogP contribution in [0.3, 0.4) is 0 Å². The van der Waals surface area contributed by atoms with Crippen LogP contribution in [0.25, 0.3) is 10.9 Å². The molecule has 0 aliphatic rings. The third kappa shape index (κ3) is 5.60. The average molecular weight is 316 g/mol. The van der Waals surface area contributed by atoms with Gasteiger partial charge in [0.25, 0.3) is 0 Å². The molecule has 2 rings (SSSR count). The van der Waals surface area contributed by atoms with Gasteiger partial charge < -0.3 is 20.4 Å². The molecule has 0 saturated carbocycles. The molecule has 2 aromatic rings. The summed E-state index contributed by atoms with van der Waals surface area (Å²) < 4.78 is 5.52. The number of hydrogen-bond donors (Lipinski definition) is 3. The van der Waals surface area contributed by atoms with Crippen LogP contribution < -0.4 is 10.6 Å². The van der Waals surface area contributed by atoms with Crippen molar-refractivity contribution in [3.05, 3.63) is 36.0 Å². The number of para-hydroxylation sites is 1. The zero-order valence-corrected chi connectivity index (χ0v) is 14.4. The topological polar surface area (TPSA) is 61.4 Å². The van der Waals surface area contributed by atoms with Crippen LogP contribution in [0.15, 0.2) is 35.5 Å². The van der Waals surface area contributed by atoms with E-state index in [0.717, 1.165) is 38.5 Å². The Kier molecular flexibility index (Phi) is 6.94. The van der Waals surface area contributed by atoms with Crippen LogP contribution in [-0.4, -0.2) is 43.8 Å². The van der Waals surface area contributed by atoms with Gasteiger partial charge in [0.05, 0.1) is 6.10 Å². The second-order valence-corrected chi connectivity index (χ2v) is 5.81. The normalized spacial score (nSPS) is 12.1. The predicted molar refractivity (Wildman–Crippen MR) is 97.1 cm³/mol. The lowest BCUT2D eigenvalue weighted by atomic mass is 10.1. The predicted octanol–water partition coefficient (Wildman–Crippen LogP) is 2.69. The Hall–Kier alpha value is -2.01. The van der Waals surface area contributed by atoms with E-state index in [1.807, 2.05) is 0 Å². The van der Waals surface area contributed by atoms with Gasteiger partial charge >= 0.3 is 0 Å². The molecule has 0 amide bonds. The molecule has 5 heteroatoms. The van der Waals surface area contributed by atoms with Crippen molar-refractivity contribution in [2.75, 3.05) is 26.7 Å². The van der Waals surface area contributed by atoms with Gasteiger partial charge in [0.15, 0.2) is 5.96 Å². The molecule has 3 N–H and O–H groups in total. The standard InChI is InChI=1S/C18H28N4O/c1-14(2)23-12-6-10-20-18(19-3)21-11-9-15-13-22-17-8-5-4-7-16(15)17/h4-5,7-8,13-14,22H,6,9-12H2,1-3H3,(H2,19,20,21). The molecule has 0 aliphatic heterocycles. The number of ether oxygens (including phenoxy) is 1. The number of nitrogens with zero attached hydrogens (tertiary/aromatic N) is 1. The average Bonchev–Trinajstić information content (AvgIpc) is 2.96. The Labute approximate surface area is 138 Å². The second kappa shape index (κ2) is 9.20. The number of aromatic nitrogens is 1. The molecule has 1 aromatic heterocycles. The highest BCUT2D eigenvalue weighted by atomic mass is 16.5. The van der Waals surface area contributed by atoms with Gasteiger partial charge in [-0.05, 0) is 38.3 Å². The van der Waals surface area contributed by atoms with E-state index in [4.69, 9.17) is 4.74 Å². The van der Waals surface area contributed by atoms with Crippen LogP contribution in [0, 0.1) is 0 Å². The lowest BCUT2D eigenvalue weighted by Crippen LogP contribution is -2.39. The molecule has 5 nitrogen and oxygen atoms in total. The number of H-pyrrole nitrogens is 1. The Bertz CT molecular complexity index is 618. The minimum absolute atomic E-state index is 0.295.